The molecule has 0 fully saturated rings. The van der Waals surface area contributed by atoms with Crippen LogP contribution in [0.3, 0.4) is 0 Å². The lowest BCUT2D eigenvalue weighted by Crippen LogP contribution is -1.97. The highest BCUT2D eigenvalue weighted by atomic mass is 35.5. The Morgan fingerprint density at radius 3 is 2.62 bits per heavy atom. The number of rotatable bonds is 2. The average molecular weight is 225 g/mol. The van der Waals surface area contributed by atoms with Gasteiger partial charge in [0.1, 0.15) is 12.2 Å². The summed E-state index contributed by atoms with van der Waals surface area (Å²) in [7, 11) is 0. The quantitative estimate of drug-likeness (QED) is 0.784. The van der Waals surface area contributed by atoms with Crippen LogP contribution in [0.1, 0.15) is 6.42 Å². The summed E-state index contributed by atoms with van der Waals surface area (Å²) in [6, 6.07) is 0. The molecule has 0 bridgehead atoms. The third-order valence-corrected chi connectivity index (χ3v) is 1.13. The van der Waals surface area contributed by atoms with Crippen LogP contribution in [-0.2, 0) is 9.53 Å². The lowest BCUT2D eigenvalue weighted by atomic mass is 10.3. The summed E-state index contributed by atoms with van der Waals surface area (Å²) in [6.07, 6.45) is 8.23. The molecule has 3 nitrogen and oxygen atoms in total. The molecule has 0 unspecified atom stereocenters. The Morgan fingerprint density at radius 2 is 2.00 bits per heavy atom. The molecule has 5 heteroatoms. The number of carboxylic acid groups (broad SMARTS) is 1. The van der Waals surface area contributed by atoms with Gasteiger partial charge in [-0.15, -0.1) is 24.8 Å². The number of hydrogen-bond acceptors (Lipinski definition) is 2. The molecule has 0 aromatic carbocycles. The molecule has 0 saturated carbocycles. The third-order valence-electron chi connectivity index (χ3n) is 1.13. The van der Waals surface area contributed by atoms with E-state index in [0.717, 1.165) is 0 Å². The van der Waals surface area contributed by atoms with E-state index in [1.165, 1.54) is 6.26 Å². The Bertz CT molecular complexity index is 244. The van der Waals surface area contributed by atoms with Gasteiger partial charge in [-0.25, -0.2) is 0 Å². The maximum atomic E-state index is 10.2. The van der Waals surface area contributed by atoms with Crippen LogP contribution in [0.25, 0.3) is 0 Å². The van der Waals surface area contributed by atoms with Gasteiger partial charge in [-0.2, -0.15) is 0 Å². The molecule has 13 heavy (non-hydrogen) atoms. The highest BCUT2D eigenvalue weighted by Gasteiger charge is 2.03. The minimum absolute atomic E-state index is 0. The number of aliphatic carboxylic acids is 1. The lowest BCUT2D eigenvalue weighted by Gasteiger charge is -1.99. The summed E-state index contributed by atoms with van der Waals surface area (Å²) < 4.78 is 4.95. The fraction of sp³-hybridized carbons (Fsp3) is 0.125. The van der Waals surface area contributed by atoms with Crippen molar-refractivity contribution >= 4 is 30.8 Å². The molecule has 1 rings (SSSR count). The first-order valence-electron chi connectivity index (χ1n) is 3.20. The van der Waals surface area contributed by atoms with Crippen molar-refractivity contribution < 1.29 is 14.6 Å². The highest BCUT2D eigenvalue weighted by Crippen LogP contribution is 2.07. The van der Waals surface area contributed by atoms with Crippen LogP contribution < -0.4 is 0 Å². The van der Waals surface area contributed by atoms with Gasteiger partial charge in [0.25, 0.3) is 0 Å². The predicted octanol–water partition coefficient (Wildman–Crippen LogP) is 2.29. The van der Waals surface area contributed by atoms with Crippen LogP contribution in [0, 0.1) is 0 Å². The van der Waals surface area contributed by atoms with Gasteiger partial charge in [0.15, 0.2) is 0 Å². The molecule has 0 aromatic rings. The number of carboxylic acids is 1. The summed E-state index contributed by atoms with van der Waals surface area (Å²) in [5.74, 6) is -0.442. The van der Waals surface area contributed by atoms with Gasteiger partial charge in [-0.05, 0) is 12.2 Å². The van der Waals surface area contributed by atoms with Crippen LogP contribution in [-0.4, -0.2) is 11.1 Å². The third kappa shape index (κ3) is 6.25. The van der Waals surface area contributed by atoms with Crippen molar-refractivity contribution in [3.8, 4) is 0 Å². The van der Waals surface area contributed by atoms with Gasteiger partial charge in [0.2, 0.25) is 0 Å². The minimum atomic E-state index is -0.889. The number of halogens is 2. The van der Waals surface area contributed by atoms with Gasteiger partial charge >= 0.3 is 5.97 Å². The zero-order valence-corrected chi connectivity index (χ0v) is 8.31. The summed E-state index contributed by atoms with van der Waals surface area (Å²) in [4.78, 5) is 10.2. The fourth-order valence-electron chi connectivity index (χ4n) is 0.688. The first-order valence-corrected chi connectivity index (χ1v) is 3.20. The van der Waals surface area contributed by atoms with E-state index >= 15 is 0 Å². The van der Waals surface area contributed by atoms with E-state index in [4.69, 9.17) is 9.84 Å². The number of allylic oxidation sites excluding steroid dienone is 4. The second-order valence-electron chi connectivity index (χ2n) is 2.03. The van der Waals surface area contributed by atoms with Crippen molar-refractivity contribution in [1.82, 2.24) is 0 Å². The number of ether oxygens (including phenoxy) is 1. The van der Waals surface area contributed by atoms with Crippen LogP contribution in [0.15, 0.2) is 36.3 Å². The molecule has 0 aromatic heterocycles. The van der Waals surface area contributed by atoms with Crippen molar-refractivity contribution in [3.05, 3.63) is 36.3 Å². The molecule has 1 heterocycles. The molecule has 0 radical (unpaired) electrons. The summed E-state index contributed by atoms with van der Waals surface area (Å²) in [5.41, 5.74) is 0. The molecule has 0 aliphatic carbocycles. The molecule has 0 spiro atoms. The second kappa shape index (κ2) is 7.71. The zero-order valence-electron chi connectivity index (χ0n) is 6.67. The summed E-state index contributed by atoms with van der Waals surface area (Å²) in [6.45, 7) is 0. The first kappa shape index (κ1) is 14.6. The van der Waals surface area contributed by atoms with Gasteiger partial charge in [-0.3, -0.25) is 4.79 Å². The smallest absolute Gasteiger partial charge is 0.311 e. The molecule has 74 valence electrons. The van der Waals surface area contributed by atoms with E-state index < -0.39 is 5.97 Å². The van der Waals surface area contributed by atoms with Crippen molar-refractivity contribution in [2.24, 2.45) is 0 Å². The summed E-state index contributed by atoms with van der Waals surface area (Å²) in [5, 5.41) is 8.39. The largest absolute Gasteiger partial charge is 0.481 e. The Hall–Kier alpha value is -0.930. The van der Waals surface area contributed by atoms with E-state index in [1.54, 1.807) is 24.3 Å². The van der Waals surface area contributed by atoms with Crippen LogP contribution in [0.2, 0.25) is 0 Å². The maximum Gasteiger partial charge on any atom is 0.311 e. The molecule has 1 aliphatic rings. The monoisotopic (exact) mass is 224 g/mol. The van der Waals surface area contributed by atoms with Gasteiger partial charge in [0.05, 0.1) is 6.26 Å². The molecule has 0 amide bonds. The van der Waals surface area contributed by atoms with E-state index in [0.29, 0.717) is 5.76 Å². The first-order chi connectivity index (χ1) is 5.29. The van der Waals surface area contributed by atoms with E-state index in [2.05, 4.69) is 0 Å². The Labute approximate surface area is 88.6 Å². The highest BCUT2D eigenvalue weighted by molar-refractivity contribution is 5.85. The molecule has 0 atom stereocenters. The fourth-order valence-corrected chi connectivity index (χ4v) is 0.688. The predicted molar refractivity (Wildman–Crippen MR) is 54.2 cm³/mol. The van der Waals surface area contributed by atoms with Gasteiger partial charge < -0.3 is 9.84 Å². The van der Waals surface area contributed by atoms with Crippen LogP contribution >= 0.6 is 24.8 Å². The normalized spacial score (nSPS) is 12.8. The van der Waals surface area contributed by atoms with Gasteiger partial charge in [-0.1, -0.05) is 12.2 Å². The van der Waals surface area contributed by atoms with Crippen molar-refractivity contribution in [3.63, 3.8) is 0 Å². The van der Waals surface area contributed by atoms with Crippen molar-refractivity contribution in [2.75, 3.05) is 0 Å². The average Bonchev–Trinajstić information content (AvgIpc) is 2.14. The minimum Gasteiger partial charge on any atom is -0.481 e. The summed E-state index contributed by atoms with van der Waals surface area (Å²) >= 11 is 0. The Balaban J connectivity index is 0. The van der Waals surface area contributed by atoms with Crippen LogP contribution in [0.5, 0.6) is 0 Å². The van der Waals surface area contributed by atoms with E-state index in [-0.39, 0.29) is 31.2 Å². The van der Waals surface area contributed by atoms with Crippen LogP contribution in [0.4, 0.5) is 0 Å². The molecule has 1 N–H and O–H groups in total. The molecule has 0 saturated heterocycles. The lowest BCUT2D eigenvalue weighted by molar-refractivity contribution is -0.136. The number of hydrogen-bond donors (Lipinski definition) is 1. The molecular weight excluding hydrogens is 215 g/mol. The molecule has 1 aliphatic heterocycles. The maximum absolute atomic E-state index is 10.2. The zero-order chi connectivity index (χ0) is 8.10. The second-order valence-corrected chi connectivity index (χ2v) is 2.03. The van der Waals surface area contributed by atoms with E-state index in [1.807, 2.05) is 0 Å². The SMILES string of the molecule is Cl.Cl.O=C(O)CC1=CC=CC=CO1. The van der Waals surface area contributed by atoms with Crippen molar-refractivity contribution in [2.45, 2.75) is 6.42 Å². The topological polar surface area (TPSA) is 46.5 Å². The van der Waals surface area contributed by atoms with Crippen molar-refractivity contribution in [1.29, 1.82) is 0 Å². The standard InChI is InChI=1S/C8H8O3.2ClH/c9-8(10)6-7-4-2-1-3-5-11-7;;/h1-5H,6H2,(H,9,10);2*1H. The Kier molecular flexibility index (Phi) is 8.65. The molecular formula is C8H10Cl2O3. The van der Waals surface area contributed by atoms with Gasteiger partial charge in [0, 0.05) is 0 Å². The van der Waals surface area contributed by atoms with E-state index in [9.17, 15) is 4.79 Å². The Morgan fingerprint density at radius 1 is 1.31 bits per heavy atom. The number of carbonyl (C=O) groups is 1.